The smallest absolute Gasteiger partial charge is 0.338 e. The van der Waals surface area contributed by atoms with Gasteiger partial charge in [0.15, 0.2) is 6.61 Å². The van der Waals surface area contributed by atoms with Gasteiger partial charge in [-0.2, -0.15) is 5.26 Å². The van der Waals surface area contributed by atoms with E-state index in [1.54, 1.807) is 0 Å². The zero-order chi connectivity index (χ0) is 23.8. The van der Waals surface area contributed by atoms with E-state index in [1.807, 2.05) is 31.2 Å². The van der Waals surface area contributed by atoms with Gasteiger partial charge in [-0.25, -0.2) is 17.9 Å². The zero-order valence-corrected chi connectivity index (χ0v) is 19.2. The molecule has 1 heterocycles. The molecule has 0 saturated carbocycles. The Kier molecular flexibility index (Phi) is 8.03. The Balaban J connectivity index is 1.52. The monoisotopic (exact) mass is 470 g/mol. The summed E-state index contributed by atoms with van der Waals surface area (Å²) in [7, 11) is -3.77. The Hall–Kier alpha value is -3.42. The number of hydrogen-bond acceptors (Lipinski definition) is 7. The molecular formula is C23H26N4O5S. The molecule has 174 valence electrons. The van der Waals surface area contributed by atoms with E-state index in [1.165, 1.54) is 37.1 Å². The number of carbonyl (C=O) groups excluding carboxylic acids is 2. The summed E-state index contributed by atoms with van der Waals surface area (Å²) in [5, 5.41) is 11.2. The lowest BCUT2D eigenvalue weighted by Gasteiger charge is -2.19. The van der Waals surface area contributed by atoms with Crippen LogP contribution in [-0.2, 0) is 19.6 Å². The van der Waals surface area contributed by atoms with Crippen LogP contribution in [0.3, 0.4) is 0 Å². The molecule has 0 aromatic heterocycles. The summed E-state index contributed by atoms with van der Waals surface area (Å²) in [6, 6.07) is 12.8. The van der Waals surface area contributed by atoms with Gasteiger partial charge in [-0.15, -0.1) is 0 Å². The highest BCUT2D eigenvalue weighted by Gasteiger charge is 2.17. The maximum Gasteiger partial charge on any atom is 0.338 e. The molecule has 0 radical (unpaired) electrons. The van der Waals surface area contributed by atoms with Gasteiger partial charge in [-0.1, -0.05) is 0 Å². The topological polar surface area (TPSA) is 129 Å². The van der Waals surface area contributed by atoms with Crippen molar-refractivity contribution in [3.63, 3.8) is 0 Å². The maximum atomic E-state index is 12.2. The van der Waals surface area contributed by atoms with Crippen LogP contribution < -0.4 is 14.9 Å². The van der Waals surface area contributed by atoms with Gasteiger partial charge in [0, 0.05) is 37.4 Å². The van der Waals surface area contributed by atoms with E-state index in [9.17, 15) is 18.0 Å². The molecule has 0 spiro atoms. The van der Waals surface area contributed by atoms with Crippen LogP contribution in [0.15, 0.2) is 47.4 Å². The lowest BCUT2D eigenvalue weighted by Crippen LogP contribution is -2.24. The second kappa shape index (κ2) is 10.9. The highest BCUT2D eigenvalue weighted by Crippen LogP contribution is 2.25. The number of hydrogen-bond donors (Lipinski definition) is 2. The van der Waals surface area contributed by atoms with Crippen LogP contribution in [0.4, 0.5) is 11.4 Å². The van der Waals surface area contributed by atoms with E-state index < -0.39 is 28.5 Å². The van der Waals surface area contributed by atoms with Gasteiger partial charge in [0.05, 0.1) is 16.5 Å². The molecule has 33 heavy (non-hydrogen) atoms. The number of anilines is 2. The predicted octanol–water partition coefficient (Wildman–Crippen LogP) is 2.58. The molecule has 0 atom stereocenters. The summed E-state index contributed by atoms with van der Waals surface area (Å²) < 4.78 is 31.6. The van der Waals surface area contributed by atoms with E-state index in [0.29, 0.717) is 5.69 Å². The molecule has 2 aromatic rings. The Morgan fingerprint density at radius 1 is 1.12 bits per heavy atom. The van der Waals surface area contributed by atoms with Crippen molar-refractivity contribution in [3.8, 4) is 6.07 Å². The predicted molar refractivity (Wildman–Crippen MR) is 123 cm³/mol. The summed E-state index contributed by atoms with van der Waals surface area (Å²) >= 11 is 0. The fraction of sp³-hybridized carbons (Fsp3) is 0.348. The standard InChI is InChI=1S/C23H26N4O5S/c1-17-15-19(27-13-2-3-14-27)7-10-21(17)26-22(28)16-32-23(29)18-5-8-20(9-6-18)33(30,31)25-12-4-11-24/h5-10,15,25H,2-4,12-14,16H2,1H3,(H,26,28). The Morgan fingerprint density at radius 2 is 1.82 bits per heavy atom. The molecule has 1 fully saturated rings. The number of sulfonamides is 1. The Bertz CT molecular complexity index is 1150. The van der Waals surface area contributed by atoms with E-state index in [-0.39, 0.29) is 23.4 Å². The van der Waals surface area contributed by atoms with E-state index in [0.717, 1.165) is 24.3 Å². The first-order valence-corrected chi connectivity index (χ1v) is 12.1. The number of amides is 1. The highest BCUT2D eigenvalue weighted by molar-refractivity contribution is 7.89. The molecule has 1 amide bonds. The number of ether oxygens (including phenoxy) is 1. The van der Waals surface area contributed by atoms with Crippen LogP contribution in [0.2, 0.25) is 0 Å². The minimum Gasteiger partial charge on any atom is -0.452 e. The molecule has 10 heteroatoms. The normalized spacial score (nSPS) is 13.4. The molecule has 3 rings (SSSR count). The van der Waals surface area contributed by atoms with E-state index in [4.69, 9.17) is 10.00 Å². The van der Waals surface area contributed by atoms with Crippen molar-refractivity contribution in [3.05, 3.63) is 53.6 Å². The van der Waals surface area contributed by atoms with Crippen molar-refractivity contribution in [2.24, 2.45) is 0 Å². The summed E-state index contributed by atoms with van der Waals surface area (Å²) in [4.78, 5) is 26.7. The molecule has 0 bridgehead atoms. The largest absolute Gasteiger partial charge is 0.452 e. The number of nitrogens with one attached hydrogen (secondary N) is 2. The fourth-order valence-electron chi connectivity index (χ4n) is 3.46. The second-order valence-electron chi connectivity index (χ2n) is 7.65. The van der Waals surface area contributed by atoms with Crippen molar-refractivity contribution in [1.82, 2.24) is 4.72 Å². The summed E-state index contributed by atoms with van der Waals surface area (Å²) in [5.74, 6) is -1.21. The Morgan fingerprint density at radius 3 is 2.45 bits per heavy atom. The SMILES string of the molecule is Cc1cc(N2CCCC2)ccc1NC(=O)COC(=O)c1ccc(S(=O)(=O)NCCC#N)cc1. The maximum absolute atomic E-state index is 12.2. The van der Waals surface area contributed by atoms with Crippen LogP contribution >= 0.6 is 0 Å². The first-order valence-electron chi connectivity index (χ1n) is 10.6. The number of nitriles is 1. The van der Waals surface area contributed by atoms with Gasteiger partial charge in [0.1, 0.15) is 0 Å². The molecule has 9 nitrogen and oxygen atoms in total. The van der Waals surface area contributed by atoms with Crippen molar-refractivity contribution < 1.29 is 22.7 Å². The number of nitrogens with zero attached hydrogens (tertiary/aromatic N) is 2. The third-order valence-electron chi connectivity index (χ3n) is 5.22. The number of rotatable bonds is 9. The van der Waals surface area contributed by atoms with Crippen LogP contribution in [-0.4, -0.2) is 46.5 Å². The second-order valence-corrected chi connectivity index (χ2v) is 9.41. The minimum absolute atomic E-state index is 0.00179. The zero-order valence-electron chi connectivity index (χ0n) is 18.3. The summed E-state index contributed by atoms with van der Waals surface area (Å²) in [6.07, 6.45) is 2.41. The van der Waals surface area contributed by atoms with Gasteiger partial charge < -0.3 is 15.0 Å². The van der Waals surface area contributed by atoms with Crippen LogP contribution in [0.25, 0.3) is 0 Å². The molecule has 0 aliphatic carbocycles. The van der Waals surface area contributed by atoms with Crippen molar-refractivity contribution in [1.29, 1.82) is 5.26 Å². The quantitative estimate of drug-likeness (QED) is 0.426. The van der Waals surface area contributed by atoms with Gasteiger partial charge in [-0.05, 0) is 67.8 Å². The number of carbonyl (C=O) groups is 2. The molecule has 2 aromatic carbocycles. The fourth-order valence-corrected chi connectivity index (χ4v) is 4.49. The number of esters is 1. The summed E-state index contributed by atoms with van der Waals surface area (Å²) in [5.41, 5.74) is 2.81. The van der Waals surface area contributed by atoms with Gasteiger partial charge >= 0.3 is 5.97 Å². The third-order valence-corrected chi connectivity index (χ3v) is 6.70. The summed E-state index contributed by atoms with van der Waals surface area (Å²) in [6.45, 7) is 3.50. The number of benzene rings is 2. The first kappa shape index (κ1) is 24.2. The van der Waals surface area contributed by atoms with Crippen LogP contribution in [0.5, 0.6) is 0 Å². The molecular weight excluding hydrogens is 444 g/mol. The van der Waals surface area contributed by atoms with E-state index >= 15 is 0 Å². The molecule has 2 N–H and O–H groups in total. The minimum atomic E-state index is -3.77. The van der Waals surface area contributed by atoms with Crippen molar-refractivity contribution in [2.75, 3.05) is 36.5 Å². The highest BCUT2D eigenvalue weighted by atomic mass is 32.2. The molecule has 1 aliphatic rings. The van der Waals surface area contributed by atoms with Crippen molar-refractivity contribution >= 4 is 33.3 Å². The molecule has 1 saturated heterocycles. The lowest BCUT2D eigenvalue weighted by molar-refractivity contribution is -0.119. The van der Waals surface area contributed by atoms with Gasteiger partial charge in [0.25, 0.3) is 5.91 Å². The average Bonchev–Trinajstić information content (AvgIpc) is 3.34. The van der Waals surface area contributed by atoms with Crippen LogP contribution in [0.1, 0.15) is 35.2 Å². The van der Waals surface area contributed by atoms with Gasteiger partial charge in [-0.3, -0.25) is 4.79 Å². The number of aryl methyl sites for hydroxylation is 1. The molecule has 0 unspecified atom stereocenters. The first-order chi connectivity index (χ1) is 15.8. The average molecular weight is 471 g/mol. The van der Waals surface area contributed by atoms with Gasteiger partial charge in [0.2, 0.25) is 10.0 Å². The Labute approximate surface area is 193 Å². The lowest BCUT2D eigenvalue weighted by atomic mass is 10.1. The molecule has 1 aliphatic heterocycles. The third kappa shape index (κ3) is 6.54. The van der Waals surface area contributed by atoms with E-state index in [2.05, 4.69) is 14.9 Å². The van der Waals surface area contributed by atoms with Crippen molar-refractivity contribution in [2.45, 2.75) is 31.1 Å². The van der Waals surface area contributed by atoms with Crippen LogP contribution in [0, 0.1) is 18.3 Å².